The fourth-order valence-electron chi connectivity index (χ4n) is 1.79. The largest absolute Gasteiger partial charge is 0.285 e. The van der Waals surface area contributed by atoms with E-state index in [1.807, 2.05) is 12.4 Å². The summed E-state index contributed by atoms with van der Waals surface area (Å²) in [7, 11) is 0. The predicted molar refractivity (Wildman–Crippen MR) is 62.7 cm³/mol. The van der Waals surface area contributed by atoms with Gasteiger partial charge in [0.2, 0.25) is 0 Å². The van der Waals surface area contributed by atoms with Gasteiger partial charge in [-0.15, -0.1) is 0 Å². The molecule has 1 heterocycles. The summed E-state index contributed by atoms with van der Waals surface area (Å²) in [4.78, 5) is 0. The Morgan fingerprint density at radius 2 is 1.87 bits per heavy atom. The number of H-pyrrole nitrogens is 1. The number of hydrogen-bond acceptors (Lipinski definition) is 1. The van der Waals surface area contributed by atoms with Crippen LogP contribution in [0.4, 0.5) is 0 Å². The van der Waals surface area contributed by atoms with Gasteiger partial charge in [-0.2, -0.15) is 5.10 Å². The van der Waals surface area contributed by atoms with Crippen LogP contribution in [0.5, 0.6) is 0 Å². The molecule has 0 saturated carbocycles. The topological polar surface area (TPSA) is 28.7 Å². The molecule has 0 aliphatic carbocycles. The van der Waals surface area contributed by atoms with E-state index in [4.69, 9.17) is 0 Å². The molecule has 0 fully saturated rings. The number of rotatable bonds is 1. The van der Waals surface area contributed by atoms with Crippen LogP contribution in [0.15, 0.2) is 36.7 Å². The molecule has 2 rings (SSSR count). The highest BCUT2D eigenvalue weighted by molar-refractivity contribution is 5.67. The van der Waals surface area contributed by atoms with Gasteiger partial charge in [-0.05, 0) is 16.5 Å². The van der Waals surface area contributed by atoms with Crippen molar-refractivity contribution in [3.8, 4) is 11.1 Å². The minimum Gasteiger partial charge on any atom is -0.285 e. The molecule has 0 radical (unpaired) electrons. The minimum absolute atomic E-state index is 0.161. The molecule has 1 N–H and O–H groups in total. The summed E-state index contributed by atoms with van der Waals surface area (Å²) in [5.41, 5.74) is 3.93. The molecule has 78 valence electrons. The Morgan fingerprint density at radius 3 is 2.47 bits per heavy atom. The number of benzene rings is 1. The molecule has 0 unspecified atom stereocenters. The van der Waals surface area contributed by atoms with Crippen molar-refractivity contribution in [1.82, 2.24) is 10.2 Å². The molecule has 2 heteroatoms. The molecular formula is C13H16N2. The first-order valence-corrected chi connectivity index (χ1v) is 5.18. The Morgan fingerprint density at radius 1 is 1.13 bits per heavy atom. The van der Waals surface area contributed by atoms with Crippen LogP contribution in [-0.2, 0) is 5.41 Å². The first-order chi connectivity index (χ1) is 7.09. The lowest BCUT2D eigenvalue weighted by Gasteiger charge is -2.22. The lowest BCUT2D eigenvalue weighted by molar-refractivity contribution is 0.592. The van der Waals surface area contributed by atoms with E-state index in [0.717, 1.165) is 5.56 Å². The van der Waals surface area contributed by atoms with Gasteiger partial charge in [0.05, 0.1) is 6.20 Å². The van der Waals surface area contributed by atoms with Crippen molar-refractivity contribution in [3.05, 3.63) is 42.2 Å². The van der Waals surface area contributed by atoms with E-state index in [1.54, 1.807) is 0 Å². The van der Waals surface area contributed by atoms with E-state index < -0.39 is 0 Å². The third-order valence-corrected chi connectivity index (χ3v) is 2.54. The van der Waals surface area contributed by atoms with E-state index in [-0.39, 0.29) is 5.41 Å². The zero-order chi connectivity index (χ0) is 10.9. The zero-order valence-corrected chi connectivity index (χ0v) is 9.41. The molecular weight excluding hydrogens is 184 g/mol. The molecule has 1 aromatic carbocycles. The highest BCUT2D eigenvalue weighted by Gasteiger charge is 2.18. The SMILES string of the molecule is CC(C)(C)c1ccccc1-c1cn[nH]c1. The fraction of sp³-hybridized carbons (Fsp3) is 0.308. The first kappa shape index (κ1) is 9.97. The third kappa shape index (κ3) is 1.94. The van der Waals surface area contributed by atoms with Crippen molar-refractivity contribution in [2.75, 3.05) is 0 Å². The molecule has 0 saturated heterocycles. The maximum Gasteiger partial charge on any atom is 0.0565 e. The number of aromatic nitrogens is 2. The highest BCUT2D eigenvalue weighted by Crippen LogP contribution is 2.31. The van der Waals surface area contributed by atoms with Gasteiger partial charge in [-0.25, -0.2) is 0 Å². The molecule has 0 bridgehead atoms. The number of aromatic amines is 1. The van der Waals surface area contributed by atoms with E-state index in [0.29, 0.717) is 0 Å². The van der Waals surface area contributed by atoms with Crippen LogP contribution in [0.3, 0.4) is 0 Å². The van der Waals surface area contributed by atoms with Gasteiger partial charge in [0.25, 0.3) is 0 Å². The predicted octanol–water partition coefficient (Wildman–Crippen LogP) is 3.37. The second kappa shape index (κ2) is 3.54. The monoisotopic (exact) mass is 200 g/mol. The number of nitrogens with zero attached hydrogens (tertiary/aromatic N) is 1. The smallest absolute Gasteiger partial charge is 0.0565 e. The Balaban J connectivity index is 2.58. The van der Waals surface area contributed by atoms with Crippen molar-refractivity contribution >= 4 is 0 Å². The highest BCUT2D eigenvalue weighted by atomic mass is 15.1. The average Bonchev–Trinajstić information content (AvgIpc) is 2.69. The lowest BCUT2D eigenvalue weighted by atomic mass is 9.82. The Labute approximate surface area is 90.3 Å². The first-order valence-electron chi connectivity index (χ1n) is 5.18. The maximum atomic E-state index is 4.00. The average molecular weight is 200 g/mol. The van der Waals surface area contributed by atoms with Crippen LogP contribution >= 0.6 is 0 Å². The summed E-state index contributed by atoms with van der Waals surface area (Å²) in [6.45, 7) is 6.68. The third-order valence-electron chi connectivity index (χ3n) is 2.54. The van der Waals surface area contributed by atoms with E-state index in [1.165, 1.54) is 11.1 Å². The molecule has 0 spiro atoms. The lowest BCUT2D eigenvalue weighted by Crippen LogP contribution is -2.12. The zero-order valence-electron chi connectivity index (χ0n) is 9.41. The number of nitrogens with one attached hydrogen (secondary N) is 1. The normalized spacial score (nSPS) is 11.7. The van der Waals surface area contributed by atoms with Crippen LogP contribution < -0.4 is 0 Å². The van der Waals surface area contributed by atoms with Crippen LogP contribution in [0.1, 0.15) is 26.3 Å². The van der Waals surface area contributed by atoms with Crippen LogP contribution in [0.25, 0.3) is 11.1 Å². The van der Waals surface area contributed by atoms with Crippen molar-refractivity contribution < 1.29 is 0 Å². The van der Waals surface area contributed by atoms with Crippen molar-refractivity contribution in [1.29, 1.82) is 0 Å². The van der Waals surface area contributed by atoms with Crippen molar-refractivity contribution in [2.24, 2.45) is 0 Å². The Hall–Kier alpha value is -1.57. The van der Waals surface area contributed by atoms with E-state index in [2.05, 4.69) is 55.2 Å². The van der Waals surface area contributed by atoms with Gasteiger partial charge in [0, 0.05) is 11.8 Å². The molecule has 0 atom stereocenters. The second-order valence-electron chi connectivity index (χ2n) is 4.78. The van der Waals surface area contributed by atoms with Crippen molar-refractivity contribution in [3.63, 3.8) is 0 Å². The Kier molecular flexibility index (Phi) is 2.35. The van der Waals surface area contributed by atoms with Gasteiger partial charge in [-0.3, -0.25) is 5.10 Å². The van der Waals surface area contributed by atoms with Crippen LogP contribution in [0.2, 0.25) is 0 Å². The van der Waals surface area contributed by atoms with Crippen LogP contribution in [-0.4, -0.2) is 10.2 Å². The van der Waals surface area contributed by atoms with E-state index in [9.17, 15) is 0 Å². The van der Waals surface area contributed by atoms with E-state index >= 15 is 0 Å². The summed E-state index contributed by atoms with van der Waals surface area (Å²) in [6.07, 6.45) is 3.80. The standard InChI is InChI=1S/C13H16N2/c1-13(2,3)12-7-5-4-6-11(12)10-8-14-15-9-10/h4-9H,1-3H3,(H,14,15). The van der Waals surface area contributed by atoms with Gasteiger partial charge < -0.3 is 0 Å². The summed E-state index contributed by atoms with van der Waals surface area (Å²) in [5.74, 6) is 0. The number of hydrogen-bond donors (Lipinski definition) is 1. The maximum absolute atomic E-state index is 4.00. The summed E-state index contributed by atoms with van der Waals surface area (Å²) in [6, 6.07) is 8.48. The Bertz CT molecular complexity index is 436. The second-order valence-corrected chi connectivity index (χ2v) is 4.78. The summed E-state index contributed by atoms with van der Waals surface area (Å²) >= 11 is 0. The molecule has 0 aliphatic heterocycles. The van der Waals surface area contributed by atoms with Crippen molar-refractivity contribution in [2.45, 2.75) is 26.2 Å². The molecule has 2 aromatic rings. The van der Waals surface area contributed by atoms with Gasteiger partial charge >= 0.3 is 0 Å². The molecule has 2 nitrogen and oxygen atoms in total. The fourth-order valence-corrected chi connectivity index (χ4v) is 1.79. The van der Waals surface area contributed by atoms with Gasteiger partial charge in [0.15, 0.2) is 0 Å². The summed E-state index contributed by atoms with van der Waals surface area (Å²) in [5, 5.41) is 6.85. The summed E-state index contributed by atoms with van der Waals surface area (Å²) < 4.78 is 0. The van der Waals surface area contributed by atoms with Gasteiger partial charge in [0.1, 0.15) is 0 Å². The minimum atomic E-state index is 0.161. The molecule has 15 heavy (non-hydrogen) atoms. The molecule has 0 aliphatic rings. The quantitative estimate of drug-likeness (QED) is 0.751. The van der Waals surface area contributed by atoms with Gasteiger partial charge in [-0.1, -0.05) is 45.0 Å². The molecule has 0 amide bonds. The van der Waals surface area contributed by atoms with Crippen LogP contribution in [0, 0.1) is 0 Å². The molecule has 1 aromatic heterocycles.